The number of rotatable bonds is 5. The highest BCUT2D eigenvalue weighted by atomic mass is 16.4. The zero-order valence-corrected chi connectivity index (χ0v) is 12.0. The number of hydrogen-bond acceptors (Lipinski definition) is 1. The Morgan fingerprint density at radius 1 is 0.950 bits per heavy atom. The molecule has 0 aliphatic carbocycles. The van der Waals surface area contributed by atoms with Gasteiger partial charge in [-0.2, -0.15) is 0 Å². The van der Waals surface area contributed by atoms with Gasteiger partial charge in [0.15, 0.2) is 0 Å². The van der Waals surface area contributed by atoms with Crippen LogP contribution in [0.15, 0.2) is 42.5 Å². The molecule has 20 heavy (non-hydrogen) atoms. The van der Waals surface area contributed by atoms with Gasteiger partial charge in [0.05, 0.1) is 0 Å². The molecule has 0 aliphatic heterocycles. The summed E-state index contributed by atoms with van der Waals surface area (Å²) in [5.74, 6) is -0.725. The van der Waals surface area contributed by atoms with Crippen molar-refractivity contribution in [1.29, 1.82) is 0 Å². The Balaban J connectivity index is 2.07. The quantitative estimate of drug-likeness (QED) is 0.873. The molecule has 0 heterocycles. The lowest BCUT2D eigenvalue weighted by Gasteiger charge is -2.07. The fraction of sp³-hybridized carbons (Fsp3) is 0.278. The summed E-state index contributed by atoms with van der Waals surface area (Å²) in [4.78, 5) is 10.5. The first kappa shape index (κ1) is 14.3. The van der Waals surface area contributed by atoms with E-state index in [-0.39, 0.29) is 6.42 Å². The Bertz CT molecular complexity index is 597. The molecule has 0 fully saturated rings. The third-order valence-electron chi connectivity index (χ3n) is 3.65. The largest absolute Gasteiger partial charge is 0.481 e. The molecule has 2 rings (SSSR count). The maximum absolute atomic E-state index is 10.5. The number of carboxylic acid groups (broad SMARTS) is 1. The number of carboxylic acids is 1. The average Bonchev–Trinajstić information content (AvgIpc) is 2.42. The Morgan fingerprint density at radius 3 is 2.20 bits per heavy atom. The van der Waals surface area contributed by atoms with Crippen LogP contribution in [0, 0.1) is 13.8 Å². The van der Waals surface area contributed by atoms with E-state index < -0.39 is 5.97 Å². The van der Waals surface area contributed by atoms with Gasteiger partial charge in [0.1, 0.15) is 0 Å². The summed E-state index contributed by atoms with van der Waals surface area (Å²) in [5.41, 5.74) is 6.23. The monoisotopic (exact) mass is 268 g/mol. The number of aryl methyl sites for hydroxylation is 3. The zero-order valence-electron chi connectivity index (χ0n) is 12.0. The molecule has 0 aliphatic rings. The molecule has 0 spiro atoms. The van der Waals surface area contributed by atoms with Gasteiger partial charge < -0.3 is 5.11 Å². The first-order valence-corrected chi connectivity index (χ1v) is 6.94. The molecule has 0 saturated heterocycles. The Hall–Kier alpha value is -2.09. The first-order valence-electron chi connectivity index (χ1n) is 6.94. The fourth-order valence-corrected chi connectivity index (χ4v) is 2.23. The van der Waals surface area contributed by atoms with Crippen LogP contribution in [0.25, 0.3) is 11.1 Å². The van der Waals surface area contributed by atoms with Crippen molar-refractivity contribution < 1.29 is 9.90 Å². The van der Waals surface area contributed by atoms with Crippen molar-refractivity contribution in [1.82, 2.24) is 0 Å². The Labute approximate surface area is 120 Å². The maximum Gasteiger partial charge on any atom is 0.303 e. The van der Waals surface area contributed by atoms with E-state index in [4.69, 9.17) is 5.11 Å². The molecule has 104 valence electrons. The standard InChI is InChI=1S/C18H20O2/c1-13-6-9-17(12-14(13)2)16-10-7-15(8-11-16)4-3-5-18(19)20/h6-12H,3-5H2,1-2H3,(H,19,20). The molecule has 1 N–H and O–H groups in total. The van der Waals surface area contributed by atoms with Gasteiger partial charge in [-0.1, -0.05) is 42.5 Å². The predicted molar refractivity (Wildman–Crippen MR) is 81.9 cm³/mol. The number of benzene rings is 2. The van der Waals surface area contributed by atoms with E-state index in [1.54, 1.807) is 0 Å². The fourth-order valence-electron chi connectivity index (χ4n) is 2.23. The summed E-state index contributed by atoms with van der Waals surface area (Å²) in [7, 11) is 0. The van der Waals surface area contributed by atoms with Gasteiger partial charge >= 0.3 is 5.97 Å². The molecule has 0 amide bonds. The topological polar surface area (TPSA) is 37.3 Å². The lowest BCUT2D eigenvalue weighted by Crippen LogP contribution is -1.95. The van der Waals surface area contributed by atoms with Gasteiger partial charge in [-0.15, -0.1) is 0 Å². The summed E-state index contributed by atoms with van der Waals surface area (Å²) < 4.78 is 0. The van der Waals surface area contributed by atoms with Crippen LogP contribution in [0.4, 0.5) is 0 Å². The van der Waals surface area contributed by atoms with Crippen LogP contribution in [0.1, 0.15) is 29.5 Å². The normalized spacial score (nSPS) is 10.5. The third kappa shape index (κ3) is 3.70. The predicted octanol–water partition coefficient (Wildman–Crippen LogP) is 4.38. The van der Waals surface area contributed by atoms with Crippen molar-refractivity contribution >= 4 is 5.97 Å². The lowest BCUT2D eigenvalue weighted by atomic mass is 9.98. The molecule has 2 nitrogen and oxygen atoms in total. The van der Waals surface area contributed by atoms with Crippen molar-refractivity contribution in [3.05, 3.63) is 59.2 Å². The highest BCUT2D eigenvalue weighted by Gasteiger charge is 2.02. The van der Waals surface area contributed by atoms with Gasteiger partial charge in [-0.05, 0) is 54.5 Å². The van der Waals surface area contributed by atoms with E-state index >= 15 is 0 Å². The van der Waals surface area contributed by atoms with E-state index in [0.717, 1.165) is 6.42 Å². The van der Waals surface area contributed by atoms with E-state index in [9.17, 15) is 4.79 Å². The van der Waals surface area contributed by atoms with E-state index in [1.165, 1.54) is 27.8 Å². The summed E-state index contributed by atoms with van der Waals surface area (Å²) in [6, 6.07) is 14.9. The van der Waals surface area contributed by atoms with Crippen molar-refractivity contribution in [2.75, 3.05) is 0 Å². The van der Waals surface area contributed by atoms with Crippen molar-refractivity contribution in [2.45, 2.75) is 33.1 Å². The minimum atomic E-state index is -0.725. The van der Waals surface area contributed by atoms with Crippen LogP contribution in [-0.4, -0.2) is 11.1 Å². The number of hydrogen-bond donors (Lipinski definition) is 1. The number of carbonyl (C=O) groups is 1. The van der Waals surface area contributed by atoms with Gasteiger partial charge in [0.2, 0.25) is 0 Å². The molecule has 0 aromatic heterocycles. The molecule has 0 saturated carbocycles. The Morgan fingerprint density at radius 2 is 1.60 bits per heavy atom. The van der Waals surface area contributed by atoms with E-state index in [2.05, 4.69) is 56.3 Å². The van der Waals surface area contributed by atoms with Crippen molar-refractivity contribution in [3.8, 4) is 11.1 Å². The Kier molecular flexibility index (Phi) is 4.57. The van der Waals surface area contributed by atoms with Crippen molar-refractivity contribution in [2.24, 2.45) is 0 Å². The molecule has 0 unspecified atom stereocenters. The second kappa shape index (κ2) is 6.38. The van der Waals surface area contributed by atoms with Gasteiger partial charge in [0.25, 0.3) is 0 Å². The van der Waals surface area contributed by atoms with Crippen LogP contribution in [0.5, 0.6) is 0 Å². The summed E-state index contributed by atoms with van der Waals surface area (Å²) >= 11 is 0. The van der Waals surface area contributed by atoms with E-state index in [0.29, 0.717) is 6.42 Å². The van der Waals surface area contributed by atoms with Gasteiger partial charge in [0, 0.05) is 6.42 Å². The second-order valence-electron chi connectivity index (χ2n) is 5.24. The van der Waals surface area contributed by atoms with Crippen molar-refractivity contribution in [3.63, 3.8) is 0 Å². The molecule has 2 heteroatoms. The molecular weight excluding hydrogens is 248 g/mol. The highest BCUT2D eigenvalue weighted by Crippen LogP contribution is 2.22. The molecule has 2 aromatic carbocycles. The molecule has 0 bridgehead atoms. The third-order valence-corrected chi connectivity index (χ3v) is 3.65. The SMILES string of the molecule is Cc1ccc(-c2ccc(CCCC(=O)O)cc2)cc1C. The van der Waals surface area contributed by atoms with Crippen LogP contribution in [0.3, 0.4) is 0 Å². The minimum absolute atomic E-state index is 0.235. The van der Waals surface area contributed by atoms with Crippen LogP contribution < -0.4 is 0 Å². The maximum atomic E-state index is 10.5. The first-order chi connectivity index (χ1) is 9.56. The van der Waals surface area contributed by atoms with Crippen LogP contribution >= 0.6 is 0 Å². The van der Waals surface area contributed by atoms with Gasteiger partial charge in [-0.25, -0.2) is 0 Å². The summed E-state index contributed by atoms with van der Waals surface area (Å²) in [6.07, 6.45) is 1.75. The lowest BCUT2D eigenvalue weighted by molar-refractivity contribution is -0.137. The molecule has 0 atom stereocenters. The van der Waals surface area contributed by atoms with E-state index in [1.807, 2.05) is 0 Å². The molecule has 0 radical (unpaired) electrons. The van der Waals surface area contributed by atoms with Gasteiger partial charge in [-0.3, -0.25) is 4.79 Å². The van der Waals surface area contributed by atoms with Crippen LogP contribution in [0.2, 0.25) is 0 Å². The minimum Gasteiger partial charge on any atom is -0.481 e. The summed E-state index contributed by atoms with van der Waals surface area (Å²) in [6.45, 7) is 4.24. The molecule has 2 aromatic rings. The van der Waals surface area contributed by atoms with Crippen LogP contribution in [-0.2, 0) is 11.2 Å². The summed E-state index contributed by atoms with van der Waals surface area (Å²) in [5, 5.41) is 8.63. The number of aliphatic carboxylic acids is 1. The smallest absolute Gasteiger partial charge is 0.303 e. The highest BCUT2D eigenvalue weighted by molar-refractivity contribution is 5.67. The zero-order chi connectivity index (χ0) is 14.5. The molecular formula is C18H20O2. The average molecular weight is 268 g/mol. The second-order valence-corrected chi connectivity index (χ2v) is 5.24.